The fourth-order valence-electron chi connectivity index (χ4n) is 4.20. The number of carbonyl (C=O) groups is 2. The minimum absolute atomic E-state index is 0.0434. The van der Waals surface area contributed by atoms with Crippen LogP contribution >= 0.6 is 11.3 Å². The van der Waals surface area contributed by atoms with Crippen LogP contribution in [-0.2, 0) is 9.59 Å². The monoisotopic (exact) mass is 441 g/mol. The number of benzene rings is 1. The van der Waals surface area contributed by atoms with E-state index in [2.05, 4.69) is 58.3 Å². The van der Waals surface area contributed by atoms with Gasteiger partial charge in [-0.1, -0.05) is 17.7 Å². The van der Waals surface area contributed by atoms with Crippen molar-refractivity contribution in [1.82, 2.24) is 20.1 Å². The highest BCUT2D eigenvalue weighted by molar-refractivity contribution is 7.14. The van der Waals surface area contributed by atoms with Gasteiger partial charge in [0.05, 0.1) is 18.8 Å². The first-order valence-electron chi connectivity index (χ1n) is 10.9. The minimum atomic E-state index is -0.0434. The Bertz CT molecular complexity index is 938. The normalized spacial score (nSPS) is 17.5. The van der Waals surface area contributed by atoms with Crippen LogP contribution in [0.1, 0.15) is 29.5 Å². The van der Waals surface area contributed by atoms with Gasteiger partial charge in [-0.05, 0) is 44.7 Å². The van der Waals surface area contributed by atoms with Gasteiger partial charge in [0.2, 0.25) is 11.8 Å². The Balaban J connectivity index is 1.25. The van der Waals surface area contributed by atoms with Gasteiger partial charge in [0.25, 0.3) is 0 Å². The molecule has 31 heavy (non-hydrogen) atoms. The van der Waals surface area contributed by atoms with Gasteiger partial charge in [0, 0.05) is 43.2 Å². The summed E-state index contributed by atoms with van der Waals surface area (Å²) in [4.78, 5) is 33.4. The zero-order valence-electron chi connectivity index (χ0n) is 18.5. The summed E-state index contributed by atoms with van der Waals surface area (Å²) in [5.74, 6) is 0.0745. The van der Waals surface area contributed by atoms with E-state index in [1.807, 2.05) is 5.38 Å². The Kier molecular flexibility index (Phi) is 6.69. The van der Waals surface area contributed by atoms with E-state index in [9.17, 15) is 9.59 Å². The van der Waals surface area contributed by atoms with Crippen molar-refractivity contribution in [3.63, 3.8) is 0 Å². The zero-order chi connectivity index (χ0) is 22.0. The third kappa shape index (κ3) is 5.90. The molecule has 0 atom stereocenters. The van der Waals surface area contributed by atoms with Crippen LogP contribution in [0.4, 0.5) is 5.13 Å². The fourth-order valence-corrected chi connectivity index (χ4v) is 4.92. The first-order chi connectivity index (χ1) is 14.9. The van der Waals surface area contributed by atoms with Crippen molar-refractivity contribution in [2.45, 2.75) is 39.7 Å². The average Bonchev–Trinajstić information content (AvgIpc) is 3.39. The van der Waals surface area contributed by atoms with Gasteiger partial charge in [0.1, 0.15) is 0 Å². The molecule has 1 aromatic carbocycles. The lowest BCUT2D eigenvalue weighted by molar-refractivity contribution is -0.123. The molecular formula is C23H31N5O2S. The molecule has 2 N–H and O–H groups in total. The number of piperazine rings is 1. The van der Waals surface area contributed by atoms with Crippen molar-refractivity contribution in [3.05, 3.63) is 34.2 Å². The van der Waals surface area contributed by atoms with Gasteiger partial charge < -0.3 is 10.6 Å². The van der Waals surface area contributed by atoms with Crippen LogP contribution in [0.25, 0.3) is 11.3 Å². The van der Waals surface area contributed by atoms with Gasteiger partial charge >= 0.3 is 0 Å². The lowest BCUT2D eigenvalue weighted by atomic mass is 9.98. The molecule has 1 aliphatic heterocycles. The molecule has 8 heteroatoms. The van der Waals surface area contributed by atoms with Crippen LogP contribution in [0.5, 0.6) is 0 Å². The number of aryl methyl sites for hydroxylation is 3. The topological polar surface area (TPSA) is 77.6 Å². The maximum Gasteiger partial charge on any atom is 0.240 e. The predicted octanol–water partition coefficient (Wildman–Crippen LogP) is 2.57. The number of nitrogens with one attached hydrogen (secondary N) is 2. The maximum absolute atomic E-state index is 12.5. The van der Waals surface area contributed by atoms with E-state index in [0.29, 0.717) is 24.3 Å². The second-order valence-corrected chi connectivity index (χ2v) is 9.61. The van der Waals surface area contributed by atoms with E-state index in [4.69, 9.17) is 0 Å². The summed E-state index contributed by atoms with van der Waals surface area (Å²) >= 11 is 1.46. The van der Waals surface area contributed by atoms with E-state index in [0.717, 1.165) is 50.3 Å². The SMILES string of the molecule is Cc1cc(C)c(-c2csc(NC(=O)CN3CCN(CC(=O)NC4CC4)CC3)n2)c(C)c1. The molecule has 1 aromatic heterocycles. The van der Waals surface area contributed by atoms with Crippen molar-refractivity contribution >= 4 is 28.3 Å². The number of hydrogen-bond donors (Lipinski definition) is 2. The lowest BCUT2D eigenvalue weighted by Crippen LogP contribution is -2.51. The number of amides is 2. The molecule has 2 fully saturated rings. The molecule has 0 unspecified atom stereocenters. The van der Waals surface area contributed by atoms with Crippen molar-refractivity contribution < 1.29 is 9.59 Å². The molecule has 2 aromatic rings. The largest absolute Gasteiger partial charge is 0.352 e. The van der Waals surface area contributed by atoms with Crippen molar-refractivity contribution in [1.29, 1.82) is 0 Å². The number of rotatable bonds is 7. The first-order valence-corrected chi connectivity index (χ1v) is 11.8. The van der Waals surface area contributed by atoms with Crippen LogP contribution in [0.3, 0.4) is 0 Å². The first kappa shape index (κ1) is 21.9. The van der Waals surface area contributed by atoms with E-state index < -0.39 is 0 Å². The second-order valence-electron chi connectivity index (χ2n) is 8.75. The molecule has 4 rings (SSSR count). The highest BCUT2D eigenvalue weighted by atomic mass is 32.1. The fraction of sp³-hybridized carbons (Fsp3) is 0.522. The third-order valence-corrected chi connectivity index (χ3v) is 6.58. The maximum atomic E-state index is 12.5. The molecule has 7 nitrogen and oxygen atoms in total. The molecule has 2 amide bonds. The quantitative estimate of drug-likeness (QED) is 0.691. The number of hydrogen-bond acceptors (Lipinski definition) is 6. The van der Waals surface area contributed by atoms with Gasteiger partial charge in [0.15, 0.2) is 5.13 Å². The summed E-state index contributed by atoms with van der Waals surface area (Å²) in [6.07, 6.45) is 2.22. The number of anilines is 1. The molecule has 1 aliphatic carbocycles. The Labute approximate surface area is 187 Å². The number of aromatic nitrogens is 1. The van der Waals surface area contributed by atoms with Crippen LogP contribution in [0.2, 0.25) is 0 Å². The third-order valence-electron chi connectivity index (χ3n) is 5.83. The van der Waals surface area contributed by atoms with Crippen molar-refractivity contribution in [2.75, 3.05) is 44.6 Å². The van der Waals surface area contributed by atoms with Crippen LogP contribution in [0, 0.1) is 20.8 Å². The van der Waals surface area contributed by atoms with E-state index in [1.54, 1.807) is 0 Å². The summed E-state index contributed by atoms with van der Waals surface area (Å²) in [6, 6.07) is 4.73. The molecule has 166 valence electrons. The van der Waals surface area contributed by atoms with Crippen molar-refractivity contribution in [3.8, 4) is 11.3 Å². The van der Waals surface area contributed by atoms with Gasteiger partial charge in [-0.3, -0.25) is 19.4 Å². The Morgan fingerprint density at radius 3 is 2.16 bits per heavy atom. The summed E-state index contributed by atoms with van der Waals surface area (Å²) in [5, 5.41) is 8.62. The highest BCUT2D eigenvalue weighted by Gasteiger charge is 2.25. The zero-order valence-corrected chi connectivity index (χ0v) is 19.3. The average molecular weight is 442 g/mol. The van der Waals surface area contributed by atoms with Gasteiger partial charge in [-0.25, -0.2) is 4.98 Å². The Morgan fingerprint density at radius 1 is 1.00 bits per heavy atom. The number of thiazole rings is 1. The summed E-state index contributed by atoms with van der Waals surface area (Å²) in [5.41, 5.74) is 5.69. The molecular weight excluding hydrogens is 410 g/mol. The molecule has 2 heterocycles. The van der Waals surface area contributed by atoms with E-state index in [-0.39, 0.29) is 11.8 Å². The minimum Gasteiger partial charge on any atom is -0.352 e. The van der Waals surface area contributed by atoms with E-state index in [1.165, 1.54) is 28.0 Å². The summed E-state index contributed by atoms with van der Waals surface area (Å²) in [6.45, 7) is 10.3. The number of carbonyl (C=O) groups excluding carboxylic acids is 2. The van der Waals surface area contributed by atoms with Gasteiger partial charge in [-0.2, -0.15) is 0 Å². The van der Waals surface area contributed by atoms with Gasteiger partial charge in [-0.15, -0.1) is 11.3 Å². The summed E-state index contributed by atoms with van der Waals surface area (Å²) < 4.78 is 0. The predicted molar refractivity (Wildman–Crippen MR) is 124 cm³/mol. The lowest BCUT2D eigenvalue weighted by Gasteiger charge is -2.33. The summed E-state index contributed by atoms with van der Waals surface area (Å²) in [7, 11) is 0. The highest BCUT2D eigenvalue weighted by Crippen LogP contribution is 2.31. The molecule has 0 radical (unpaired) electrons. The standard InChI is InChI=1S/C23H31N5O2S/c1-15-10-16(2)22(17(3)11-15)19-14-31-23(25-19)26-21(30)13-28-8-6-27(7-9-28)12-20(29)24-18-4-5-18/h10-11,14,18H,4-9,12-13H2,1-3H3,(H,24,29)(H,25,26,30). The Hall–Kier alpha value is -2.29. The molecule has 2 aliphatic rings. The number of nitrogens with zero attached hydrogens (tertiary/aromatic N) is 3. The van der Waals surface area contributed by atoms with Crippen LogP contribution < -0.4 is 10.6 Å². The smallest absolute Gasteiger partial charge is 0.240 e. The van der Waals surface area contributed by atoms with Crippen LogP contribution in [-0.4, -0.2) is 71.9 Å². The molecule has 0 spiro atoms. The van der Waals surface area contributed by atoms with Crippen LogP contribution in [0.15, 0.2) is 17.5 Å². The Morgan fingerprint density at radius 2 is 1.58 bits per heavy atom. The molecule has 1 saturated heterocycles. The van der Waals surface area contributed by atoms with Crippen molar-refractivity contribution in [2.24, 2.45) is 0 Å². The molecule has 0 bridgehead atoms. The second kappa shape index (κ2) is 9.46. The van der Waals surface area contributed by atoms with E-state index >= 15 is 0 Å². The molecule has 1 saturated carbocycles.